The van der Waals surface area contributed by atoms with E-state index < -0.39 is 10.0 Å². The summed E-state index contributed by atoms with van der Waals surface area (Å²) in [7, 11) is -3.58. The van der Waals surface area contributed by atoms with Crippen LogP contribution in [-0.4, -0.2) is 48.5 Å². The Bertz CT molecular complexity index is 1040. The molecule has 1 fully saturated rings. The molecule has 0 radical (unpaired) electrons. The van der Waals surface area contributed by atoms with E-state index in [0.29, 0.717) is 47.3 Å². The zero-order valence-electron chi connectivity index (χ0n) is 16.4. The van der Waals surface area contributed by atoms with Crippen molar-refractivity contribution in [3.05, 3.63) is 47.5 Å². The third kappa shape index (κ3) is 4.34. The largest absolute Gasteiger partial charge is 0.351 e. The lowest BCUT2D eigenvalue weighted by Gasteiger charge is -2.29. The van der Waals surface area contributed by atoms with Crippen LogP contribution in [-0.2, 0) is 10.0 Å². The molecule has 1 aromatic heterocycles. The number of pyridine rings is 1. The van der Waals surface area contributed by atoms with Gasteiger partial charge in [-0.25, -0.2) is 8.42 Å². The van der Waals surface area contributed by atoms with E-state index in [1.54, 1.807) is 46.5 Å². The highest BCUT2D eigenvalue weighted by Crippen LogP contribution is 2.27. The van der Waals surface area contributed by atoms with Crippen molar-refractivity contribution in [1.82, 2.24) is 14.6 Å². The first-order valence-electron chi connectivity index (χ1n) is 9.93. The van der Waals surface area contributed by atoms with Gasteiger partial charge in [0.25, 0.3) is 5.91 Å². The molecule has 2 aromatic rings. The quantitative estimate of drug-likeness (QED) is 0.785. The predicted octanol–water partition coefficient (Wildman–Crippen LogP) is 3.40. The van der Waals surface area contributed by atoms with Crippen molar-refractivity contribution >= 4 is 38.6 Å². The zero-order valence-corrected chi connectivity index (χ0v) is 18.0. The number of piperidine rings is 1. The van der Waals surface area contributed by atoms with Crippen molar-refractivity contribution in [3.8, 4) is 0 Å². The lowest BCUT2D eigenvalue weighted by molar-refractivity contribution is 0.0955. The fourth-order valence-electron chi connectivity index (χ4n) is 3.72. The van der Waals surface area contributed by atoms with Gasteiger partial charge in [-0.2, -0.15) is 4.31 Å². The van der Waals surface area contributed by atoms with Gasteiger partial charge in [0.2, 0.25) is 10.0 Å². The van der Waals surface area contributed by atoms with E-state index in [0.717, 1.165) is 19.3 Å². The van der Waals surface area contributed by atoms with Gasteiger partial charge in [0.05, 0.1) is 16.0 Å². The van der Waals surface area contributed by atoms with Gasteiger partial charge >= 0.3 is 0 Å². The number of sulfonamides is 1. The molecule has 4 rings (SSSR count). The molecule has 154 valence electrons. The molecule has 1 N–H and O–H groups in total. The highest BCUT2D eigenvalue weighted by atomic mass is 32.2. The molecular formula is C21H25N3O3S2. The van der Waals surface area contributed by atoms with Crippen molar-refractivity contribution < 1.29 is 13.2 Å². The molecule has 2 aliphatic rings. The molecule has 3 heterocycles. The Morgan fingerprint density at radius 3 is 2.79 bits per heavy atom. The van der Waals surface area contributed by atoms with E-state index in [-0.39, 0.29) is 10.8 Å². The normalized spacial score (nSPS) is 20.9. The summed E-state index contributed by atoms with van der Waals surface area (Å²) < 4.78 is 27.8. The Hall–Kier alpha value is -1.90. The summed E-state index contributed by atoms with van der Waals surface area (Å²) in [5.74, 6) is 0.344. The van der Waals surface area contributed by atoms with Crippen LogP contribution in [0, 0.1) is 5.92 Å². The van der Waals surface area contributed by atoms with Gasteiger partial charge in [-0.1, -0.05) is 13.0 Å². The number of carbonyl (C=O) groups excluding carboxylic acids is 1. The number of hydrogen-bond donors (Lipinski definition) is 1. The van der Waals surface area contributed by atoms with Crippen LogP contribution in [0.2, 0.25) is 0 Å². The summed E-state index contributed by atoms with van der Waals surface area (Å²) in [4.78, 5) is 17.3. The van der Waals surface area contributed by atoms with Crippen LogP contribution in [0.4, 0.5) is 0 Å². The molecule has 0 bridgehead atoms. The van der Waals surface area contributed by atoms with E-state index in [2.05, 4.69) is 28.7 Å². The number of allylic oxidation sites excluding steroid dienone is 1. The maximum atomic E-state index is 13.1. The zero-order chi connectivity index (χ0) is 20.4. The van der Waals surface area contributed by atoms with Crippen LogP contribution in [0.25, 0.3) is 10.9 Å². The van der Waals surface area contributed by atoms with Gasteiger partial charge in [0, 0.05) is 36.5 Å². The average molecular weight is 432 g/mol. The molecule has 0 aliphatic carbocycles. The Morgan fingerprint density at radius 2 is 2.07 bits per heavy atom. The number of benzene rings is 1. The minimum atomic E-state index is -3.58. The first-order valence-corrected chi connectivity index (χ1v) is 12.3. The molecule has 1 amide bonds. The molecule has 1 saturated heterocycles. The lowest BCUT2D eigenvalue weighted by atomic mass is 10.0. The molecule has 8 heteroatoms. The van der Waals surface area contributed by atoms with E-state index in [9.17, 15) is 13.2 Å². The number of rotatable bonds is 5. The molecule has 0 spiro atoms. The van der Waals surface area contributed by atoms with Crippen molar-refractivity contribution in [3.63, 3.8) is 0 Å². The van der Waals surface area contributed by atoms with Crippen molar-refractivity contribution in [2.75, 3.05) is 19.6 Å². The van der Waals surface area contributed by atoms with E-state index in [1.165, 1.54) is 0 Å². The highest BCUT2D eigenvalue weighted by molar-refractivity contribution is 8.03. The fourth-order valence-corrected chi connectivity index (χ4v) is 6.06. The number of amides is 1. The SMILES string of the molecule is CC1CCN(S(=O)(=O)c2ccc3nccc(C(=O)NCC4CC=CS4)c3c2)CC1. The summed E-state index contributed by atoms with van der Waals surface area (Å²) >= 11 is 1.71. The molecule has 1 unspecified atom stereocenters. The van der Waals surface area contributed by atoms with Crippen LogP contribution >= 0.6 is 11.8 Å². The second-order valence-corrected chi connectivity index (χ2v) is 10.8. The van der Waals surface area contributed by atoms with Gasteiger partial charge in [0.1, 0.15) is 0 Å². The average Bonchev–Trinajstić information content (AvgIpc) is 3.25. The standard InChI is InChI=1S/C21H25N3O3S2/c1-15-7-10-24(11-8-15)29(26,27)17-4-5-20-19(13-17)18(6-9-22-20)21(25)23-14-16-3-2-12-28-16/h2,4-6,9,12-13,15-16H,3,7-8,10-11,14H2,1H3,(H,23,25). The number of fused-ring (bicyclic) bond motifs is 1. The van der Waals surface area contributed by atoms with Crippen LogP contribution in [0.15, 0.2) is 46.8 Å². The van der Waals surface area contributed by atoms with Crippen molar-refractivity contribution in [1.29, 1.82) is 0 Å². The molecule has 1 aromatic carbocycles. The number of thioether (sulfide) groups is 1. The molecule has 29 heavy (non-hydrogen) atoms. The van der Waals surface area contributed by atoms with E-state index in [1.807, 2.05) is 0 Å². The van der Waals surface area contributed by atoms with Gasteiger partial charge in [-0.15, -0.1) is 11.8 Å². The van der Waals surface area contributed by atoms with Gasteiger partial charge < -0.3 is 5.32 Å². The Morgan fingerprint density at radius 1 is 1.28 bits per heavy atom. The molecule has 0 saturated carbocycles. The third-order valence-corrected chi connectivity index (χ3v) is 8.58. The third-order valence-electron chi connectivity index (χ3n) is 5.59. The Labute approximate surface area is 175 Å². The predicted molar refractivity (Wildman–Crippen MR) is 116 cm³/mol. The summed E-state index contributed by atoms with van der Waals surface area (Å²) in [5, 5.41) is 5.94. The molecule has 1 atom stereocenters. The smallest absolute Gasteiger partial charge is 0.252 e. The second-order valence-electron chi connectivity index (χ2n) is 7.70. The maximum absolute atomic E-state index is 13.1. The minimum absolute atomic E-state index is 0.203. The van der Waals surface area contributed by atoms with Crippen LogP contribution in [0.1, 0.15) is 36.5 Å². The lowest BCUT2D eigenvalue weighted by Crippen LogP contribution is -2.37. The van der Waals surface area contributed by atoms with Gasteiger partial charge in [0.15, 0.2) is 0 Å². The topological polar surface area (TPSA) is 79.4 Å². The van der Waals surface area contributed by atoms with Crippen molar-refractivity contribution in [2.45, 2.75) is 36.3 Å². The van der Waals surface area contributed by atoms with Gasteiger partial charge in [-0.3, -0.25) is 9.78 Å². The number of carbonyl (C=O) groups is 1. The number of nitrogens with one attached hydrogen (secondary N) is 1. The molecule has 6 nitrogen and oxygen atoms in total. The minimum Gasteiger partial charge on any atom is -0.351 e. The van der Waals surface area contributed by atoms with Crippen molar-refractivity contribution in [2.24, 2.45) is 5.92 Å². The summed E-state index contributed by atoms with van der Waals surface area (Å²) in [5.41, 5.74) is 1.07. The Balaban J connectivity index is 1.60. The Kier molecular flexibility index (Phi) is 5.94. The van der Waals surface area contributed by atoms with Crippen LogP contribution < -0.4 is 5.32 Å². The maximum Gasteiger partial charge on any atom is 0.252 e. The summed E-state index contributed by atoms with van der Waals surface area (Å²) in [6.45, 7) is 3.80. The first-order chi connectivity index (χ1) is 13.9. The fraction of sp³-hybridized carbons (Fsp3) is 0.429. The second kappa shape index (κ2) is 8.45. The van der Waals surface area contributed by atoms with Crippen LogP contribution in [0.5, 0.6) is 0 Å². The van der Waals surface area contributed by atoms with E-state index in [4.69, 9.17) is 0 Å². The summed E-state index contributed by atoms with van der Waals surface area (Å²) in [6.07, 6.45) is 6.37. The van der Waals surface area contributed by atoms with E-state index >= 15 is 0 Å². The monoisotopic (exact) mass is 431 g/mol. The number of hydrogen-bond acceptors (Lipinski definition) is 5. The van der Waals surface area contributed by atoms with Crippen LogP contribution in [0.3, 0.4) is 0 Å². The first kappa shape index (κ1) is 20.4. The molecular weight excluding hydrogens is 406 g/mol. The highest BCUT2D eigenvalue weighted by Gasteiger charge is 2.28. The molecule has 2 aliphatic heterocycles. The summed E-state index contributed by atoms with van der Waals surface area (Å²) in [6, 6.07) is 6.51. The number of nitrogens with zero attached hydrogens (tertiary/aromatic N) is 2. The van der Waals surface area contributed by atoms with Gasteiger partial charge in [-0.05, 0) is 54.9 Å². The number of aromatic nitrogens is 1.